The molecular weight excluding hydrogens is 274 g/mol. The third kappa shape index (κ3) is 2.88. The molecule has 1 unspecified atom stereocenters. The summed E-state index contributed by atoms with van der Waals surface area (Å²) in [7, 11) is 3.88. The third-order valence-corrected chi connectivity index (χ3v) is 4.00. The average Bonchev–Trinajstić information content (AvgIpc) is 3.00. The second-order valence-electron chi connectivity index (χ2n) is 4.87. The van der Waals surface area contributed by atoms with Gasteiger partial charge < -0.3 is 5.32 Å². The van der Waals surface area contributed by atoms with Crippen LogP contribution in [0.15, 0.2) is 12.4 Å². The Hall–Kier alpha value is -1.33. The van der Waals surface area contributed by atoms with Gasteiger partial charge in [-0.05, 0) is 20.4 Å². The van der Waals surface area contributed by atoms with E-state index in [-0.39, 0.29) is 6.04 Å². The molecule has 2 rings (SSSR count). The highest BCUT2D eigenvalue weighted by atomic mass is 35.5. The van der Waals surface area contributed by atoms with Crippen LogP contribution in [0.4, 0.5) is 0 Å². The molecule has 0 amide bonds. The lowest BCUT2D eigenvalue weighted by molar-refractivity contribution is 0.540. The van der Waals surface area contributed by atoms with Crippen molar-refractivity contribution in [3.05, 3.63) is 34.4 Å². The van der Waals surface area contributed by atoms with E-state index in [2.05, 4.69) is 29.4 Å². The van der Waals surface area contributed by atoms with Crippen molar-refractivity contribution in [3.63, 3.8) is 0 Å². The lowest BCUT2D eigenvalue weighted by Gasteiger charge is -2.15. The zero-order valence-corrected chi connectivity index (χ0v) is 13.3. The van der Waals surface area contributed by atoms with Gasteiger partial charge in [0, 0.05) is 37.8 Å². The first-order valence-electron chi connectivity index (χ1n) is 7.00. The number of aromatic nitrogens is 4. The van der Waals surface area contributed by atoms with Crippen LogP contribution in [0.5, 0.6) is 0 Å². The summed E-state index contributed by atoms with van der Waals surface area (Å²) < 4.78 is 3.82. The molecule has 0 saturated carbocycles. The van der Waals surface area contributed by atoms with E-state index in [0.717, 1.165) is 41.4 Å². The zero-order valence-electron chi connectivity index (χ0n) is 12.5. The highest BCUT2D eigenvalue weighted by Gasteiger charge is 2.19. The van der Waals surface area contributed by atoms with E-state index in [1.54, 1.807) is 0 Å². The number of aryl methyl sites for hydroxylation is 3. The van der Waals surface area contributed by atoms with Crippen molar-refractivity contribution in [1.29, 1.82) is 0 Å². The van der Waals surface area contributed by atoms with E-state index < -0.39 is 0 Å². The second-order valence-corrected chi connectivity index (χ2v) is 5.25. The minimum absolute atomic E-state index is 0.188. The molecule has 20 heavy (non-hydrogen) atoms. The van der Waals surface area contributed by atoms with Gasteiger partial charge >= 0.3 is 0 Å². The van der Waals surface area contributed by atoms with Gasteiger partial charge in [-0.1, -0.05) is 18.5 Å². The van der Waals surface area contributed by atoms with E-state index in [1.807, 2.05) is 35.9 Å². The minimum Gasteiger partial charge on any atom is -0.313 e. The number of likely N-dealkylation sites (N-methyl/N-ethyl adjacent to an activating group) is 1. The Morgan fingerprint density at radius 3 is 2.65 bits per heavy atom. The first-order chi connectivity index (χ1) is 9.60. The fraction of sp³-hybridized carbons (Fsp3) is 0.571. The Bertz CT molecular complexity index is 572. The summed E-state index contributed by atoms with van der Waals surface area (Å²) in [5, 5.41) is 12.9. The van der Waals surface area contributed by atoms with Crippen molar-refractivity contribution in [2.45, 2.75) is 39.3 Å². The second kappa shape index (κ2) is 6.41. The minimum atomic E-state index is 0.188. The molecule has 0 spiro atoms. The van der Waals surface area contributed by atoms with Crippen molar-refractivity contribution in [3.8, 4) is 0 Å². The summed E-state index contributed by atoms with van der Waals surface area (Å²) in [6.07, 6.45) is 5.59. The topological polar surface area (TPSA) is 47.7 Å². The standard InChI is InChI=1S/C14H22ClN5/c1-5-11-14(15)13(20(6-2)18-11)7-12(16-3)10-8-17-19(4)9-10/h8-9,12,16H,5-7H2,1-4H3. The van der Waals surface area contributed by atoms with Gasteiger partial charge in [0.05, 0.1) is 22.6 Å². The maximum absolute atomic E-state index is 6.47. The highest BCUT2D eigenvalue weighted by molar-refractivity contribution is 6.31. The summed E-state index contributed by atoms with van der Waals surface area (Å²) in [6, 6.07) is 0.188. The van der Waals surface area contributed by atoms with E-state index in [9.17, 15) is 0 Å². The fourth-order valence-electron chi connectivity index (χ4n) is 2.41. The van der Waals surface area contributed by atoms with E-state index in [4.69, 9.17) is 11.6 Å². The Morgan fingerprint density at radius 1 is 1.40 bits per heavy atom. The average molecular weight is 296 g/mol. The molecule has 0 aliphatic rings. The number of nitrogens with one attached hydrogen (secondary N) is 1. The number of hydrogen-bond donors (Lipinski definition) is 1. The quantitative estimate of drug-likeness (QED) is 0.890. The lowest BCUT2D eigenvalue weighted by Crippen LogP contribution is -2.20. The van der Waals surface area contributed by atoms with Crippen molar-refractivity contribution in [2.75, 3.05) is 7.05 Å². The van der Waals surface area contributed by atoms with Crippen molar-refractivity contribution < 1.29 is 0 Å². The Labute approximate surface area is 124 Å². The van der Waals surface area contributed by atoms with Crippen LogP contribution in [-0.4, -0.2) is 26.6 Å². The monoisotopic (exact) mass is 295 g/mol. The van der Waals surface area contributed by atoms with Crippen LogP contribution in [0.2, 0.25) is 5.02 Å². The normalized spacial score (nSPS) is 12.8. The molecule has 0 radical (unpaired) electrons. The Kier molecular flexibility index (Phi) is 4.83. The van der Waals surface area contributed by atoms with Crippen LogP contribution in [-0.2, 0) is 26.4 Å². The molecule has 0 aliphatic heterocycles. The predicted octanol–water partition coefficient (Wildman–Crippen LogP) is 2.36. The van der Waals surface area contributed by atoms with Gasteiger partial charge in [-0.25, -0.2) is 0 Å². The van der Waals surface area contributed by atoms with Gasteiger partial charge in [-0.3, -0.25) is 9.36 Å². The van der Waals surface area contributed by atoms with Gasteiger partial charge in [-0.15, -0.1) is 0 Å². The first-order valence-corrected chi connectivity index (χ1v) is 7.38. The van der Waals surface area contributed by atoms with Crippen LogP contribution in [0.3, 0.4) is 0 Å². The third-order valence-electron chi connectivity index (χ3n) is 3.57. The molecule has 0 bridgehead atoms. The smallest absolute Gasteiger partial charge is 0.0850 e. The van der Waals surface area contributed by atoms with Crippen molar-refractivity contribution in [2.24, 2.45) is 7.05 Å². The molecule has 6 heteroatoms. The Morgan fingerprint density at radius 2 is 2.15 bits per heavy atom. The van der Waals surface area contributed by atoms with Crippen LogP contribution >= 0.6 is 11.6 Å². The van der Waals surface area contributed by atoms with Crippen LogP contribution in [0.1, 0.15) is 36.8 Å². The highest BCUT2D eigenvalue weighted by Crippen LogP contribution is 2.26. The molecule has 2 aromatic rings. The molecule has 0 aliphatic carbocycles. The number of nitrogens with zero attached hydrogens (tertiary/aromatic N) is 4. The van der Waals surface area contributed by atoms with E-state index >= 15 is 0 Å². The zero-order chi connectivity index (χ0) is 14.7. The summed E-state index contributed by atoms with van der Waals surface area (Å²) >= 11 is 6.47. The summed E-state index contributed by atoms with van der Waals surface area (Å²) in [5.74, 6) is 0. The number of rotatable bonds is 6. The van der Waals surface area contributed by atoms with E-state index in [0.29, 0.717) is 0 Å². The molecule has 0 fully saturated rings. The van der Waals surface area contributed by atoms with Gasteiger partial charge in [0.15, 0.2) is 0 Å². The molecular formula is C14H22ClN5. The van der Waals surface area contributed by atoms with Crippen molar-refractivity contribution >= 4 is 11.6 Å². The van der Waals surface area contributed by atoms with Crippen LogP contribution in [0, 0.1) is 0 Å². The molecule has 1 atom stereocenters. The maximum Gasteiger partial charge on any atom is 0.0850 e. The number of halogens is 1. The molecule has 0 saturated heterocycles. The molecule has 0 aromatic carbocycles. The molecule has 5 nitrogen and oxygen atoms in total. The predicted molar refractivity (Wildman–Crippen MR) is 81.0 cm³/mol. The van der Waals surface area contributed by atoms with Gasteiger partial charge in [0.1, 0.15) is 0 Å². The first kappa shape index (κ1) is 15.1. The van der Waals surface area contributed by atoms with Crippen molar-refractivity contribution in [1.82, 2.24) is 24.9 Å². The molecule has 2 heterocycles. The van der Waals surface area contributed by atoms with Gasteiger partial charge in [0.25, 0.3) is 0 Å². The molecule has 1 N–H and O–H groups in total. The SMILES string of the molecule is CCc1nn(CC)c(CC(NC)c2cnn(C)c2)c1Cl. The van der Waals surface area contributed by atoms with Crippen LogP contribution in [0.25, 0.3) is 0 Å². The molecule has 2 aromatic heterocycles. The van der Waals surface area contributed by atoms with Gasteiger partial charge in [0.2, 0.25) is 0 Å². The summed E-state index contributed by atoms with van der Waals surface area (Å²) in [5.41, 5.74) is 3.23. The van der Waals surface area contributed by atoms with Gasteiger partial charge in [-0.2, -0.15) is 10.2 Å². The molecule has 110 valence electrons. The van der Waals surface area contributed by atoms with E-state index in [1.165, 1.54) is 0 Å². The number of hydrogen-bond acceptors (Lipinski definition) is 3. The summed E-state index contributed by atoms with van der Waals surface area (Å²) in [6.45, 7) is 5.00. The maximum atomic E-state index is 6.47. The largest absolute Gasteiger partial charge is 0.313 e. The Balaban J connectivity index is 2.29. The lowest BCUT2D eigenvalue weighted by atomic mass is 10.1. The fourth-order valence-corrected chi connectivity index (χ4v) is 2.76. The van der Waals surface area contributed by atoms with Crippen LogP contribution < -0.4 is 5.32 Å². The summed E-state index contributed by atoms with van der Waals surface area (Å²) in [4.78, 5) is 0.